The first-order valence-corrected chi connectivity index (χ1v) is 5.03. The van der Waals surface area contributed by atoms with Crippen molar-refractivity contribution in [2.24, 2.45) is 0 Å². The fraction of sp³-hybridized carbons (Fsp3) is 0.778. The summed E-state index contributed by atoms with van der Waals surface area (Å²) in [4.78, 5) is 0. The highest BCUT2D eigenvalue weighted by atomic mass is 32.2. The van der Waals surface area contributed by atoms with E-state index in [1.54, 1.807) is 0 Å². The van der Waals surface area contributed by atoms with Crippen LogP contribution in [0.15, 0.2) is 12.2 Å². The van der Waals surface area contributed by atoms with E-state index in [0.29, 0.717) is 4.75 Å². The normalized spacial score (nSPS) is 35.0. The van der Waals surface area contributed by atoms with Crippen LogP contribution < -0.4 is 0 Å². The van der Waals surface area contributed by atoms with Crippen molar-refractivity contribution in [2.75, 3.05) is 5.75 Å². The topological polar surface area (TPSA) is 0 Å². The number of hydrogen-bond acceptors (Lipinski definition) is 1. The zero-order valence-corrected chi connectivity index (χ0v) is 7.71. The fourth-order valence-electron chi connectivity index (χ4n) is 1.44. The molecule has 58 valence electrons. The molecule has 0 bridgehead atoms. The molecule has 1 atom stereocenters. The second-order valence-electron chi connectivity index (χ2n) is 3.12. The minimum Gasteiger partial charge on any atom is -0.151 e. The molecule has 0 aromatic heterocycles. The van der Waals surface area contributed by atoms with E-state index in [0.717, 1.165) is 0 Å². The van der Waals surface area contributed by atoms with Gasteiger partial charge in [-0.15, -0.1) is 0 Å². The van der Waals surface area contributed by atoms with Crippen LogP contribution in [-0.2, 0) is 0 Å². The van der Waals surface area contributed by atoms with E-state index in [-0.39, 0.29) is 0 Å². The van der Waals surface area contributed by atoms with E-state index in [1.807, 2.05) is 0 Å². The van der Waals surface area contributed by atoms with Gasteiger partial charge in [-0.05, 0) is 32.4 Å². The molecule has 0 aromatic rings. The van der Waals surface area contributed by atoms with Crippen LogP contribution in [0.5, 0.6) is 0 Å². The Hall–Kier alpha value is 0.0900. The highest BCUT2D eigenvalue weighted by Gasteiger charge is 2.23. The summed E-state index contributed by atoms with van der Waals surface area (Å²) in [5.74, 6) is 1.35. The summed E-state index contributed by atoms with van der Waals surface area (Å²) in [6, 6.07) is 0. The Kier molecular flexibility index (Phi) is 2.84. The molecular formula is C9H16S. The Morgan fingerprint density at radius 3 is 2.70 bits per heavy atom. The molecule has 1 aliphatic rings. The smallest absolute Gasteiger partial charge is 0.0310 e. The van der Waals surface area contributed by atoms with Crippen molar-refractivity contribution in [1.82, 2.24) is 0 Å². The Morgan fingerprint density at radius 2 is 2.20 bits per heavy atom. The van der Waals surface area contributed by atoms with E-state index in [2.05, 4.69) is 37.8 Å². The summed E-state index contributed by atoms with van der Waals surface area (Å²) in [5, 5.41) is 0. The number of rotatable bonds is 1. The Balaban J connectivity index is 2.48. The van der Waals surface area contributed by atoms with Gasteiger partial charge in [-0.3, -0.25) is 0 Å². The predicted molar refractivity (Wildman–Crippen MR) is 49.5 cm³/mol. The summed E-state index contributed by atoms with van der Waals surface area (Å²) in [6.07, 6.45) is 8.71. The zero-order chi connectivity index (χ0) is 7.45. The van der Waals surface area contributed by atoms with Crippen molar-refractivity contribution in [2.45, 2.75) is 37.9 Å². The second-order valence-corrected chi connectivity index (χ2v) is 4.75. The molecule has 0 amide bonds. The molecule has 0 spiro atoms. The van der Waals surface area contributed by atoms with Crippen LogP contribution >= 0.6 is 11.8 Å². The first kappa shape index (κ1) is 8.19. The molecule has 1 fully saturated rings. The molecule has 1 saturated heterocycles. The van der Waals surface area contributed by atoms with Crippen LogP contribution in [0.25, 0.3) is 0 Å². The summed E-state index contributed by atoms with van der Waals surface area (Å²) >= 11 is 2.10. The molecule has 0 aromatic carbocycles. The number of hydrogen-bond donors (Lipinski definition) is 0. The van der Waals surface area contributed by atoms with Crippen LogP contribution in [0.2, 0.25) is 0 Å². The molecule has 10 heavy (non-hydrogen) atoms. The third-order valence-electron chi connectivity index (χ3n) is 2.02. The molecule has 1 aliphatic heterocycles. The van der Waals surface area contributed by atoms with Gasteiger partial charge < -0.3 is 0 Å². The summed E-state index contributed by atoms with van der Waals surface area (Å²) < 4.78 is 0.465. The number of thioether (sulfide) groups is 1. The lowest BCUT2D eigenvalue weighted by molar-refractivity contribution is 0.615. The molecule has 0 aliphatic carbocycles. The van der Waals surface area contributed by atoms with E-state index in [1.165, 1.54) is 25.0 Å². The van der Waals surface area contributed by atoms with Crippen molar-refractivity contribution < 1.29 is 0 Å². The highest BCUT2D eigenvalue weighted by Crippen LogP contribution is 2.36. The van der Waals surface area contributed by atoms with Crippen LogP contribution in [0.3, 0.4) is 0 Å². The molecular weight excluding hydrogens is 140 g/mol. The molecule has 1 unspecified atom stereocenters. The summed E-state index contributed by atoms with van der Waals surface area (Å²) in [7, 11) is 0. The molecule has 0 N–H and O–H groups in total. The average molecular weight is 156 g/mol. The third kappa shape index (κ3) is 2.05. The minimum absolute atomic E-state index is 0.465. The summed E-state index contributed by atoms with van der Waals surface area (Å²) in [6.45, 7) is 4.46. The van der Waals surface area contributed by atoms with Crippen molar-refractivity contribution in [3.05, 3.63) is 12.2 Å². The van der Waals surface area contributed by atoms with Crippen molar-refractivity contribution in [1.29, 1.82) is 0 Å². The Morgan fingerprint density at radius 1 is 1.40 bits per heavy atom. The molecule has 1 heterocycles. The van der Waals surface area contributed by atoms with Gasteiger partial charge in [0.15, 0.2) is 0 Å². The largest absolute Gasteiger partial charge is 0.151 e. The van der Waals surface area contributed by atoms with Gasteiger partial charge in [0, 0.05) is 4.75 Å². The van der Waals surface area contributed by atoms with Crippen LogP contribution in [0, 0.1) is 0 Å². The number of allylic oxidation sites excluding steroid dienone is 1. The molecule has 0 saturated carbocycles. The fourth-order valence-corrected chi connectivity index (χ4v) is 2.78. The van der Waals surface area contributed by atoms with Gasteiger partial charge in [-0.1, -0.05) is 18.6 Å². The predicted octanol–water partition coefficient (Wildman–Crippen LogP) is 3.24. The van der Waals surface area contributed by atoms with E-state index >= 15 is 0 Å². The van der Waals surface area contributed by atoms with Gasteiger partial charge in [-0.25, -0.2) is 0 Å². The monoisotopic (exact) mass is 156 g/mol. The van der Waals surface area contributed by atoms with Crippen molar-refractivity contribution in [3.8, 4) is 0 Å². The van der Waals surface area contributed by atoms with Crippen LogP contribution in [-0.4, -0.2) is 10.5 Å². The van der Waals surface area contributed by atoms with E-state index < -0.39 is 0 Å². The summed E-state index contributed by atoms with van der Waals surface area (Å²) in [5.41, 5.74) is 0. The first-order chi connectivity index (χ1) is 4.77. The molecule has 1 rings (SSSR count). The van der Waals surface area contributed by atoms with E-state index in [9.17, 15) is 0 Å². The Bertz CT molecular complexity index is 121. The Labute approximate surface area is 68.1 Å². The minimum atomic E-state index is 0.465. The maximum absolute atomic E-state index is 2.34. The molecule has 0 nitrogen and oxygen atoms in total. The second kappa shape index (κ2) is 3.47. The zero-order valence-electron chi connectivity index (χ0n) is 6.89. The van der Waals surface area contributed by atoms with Crippen molar-refractivity contribution in [3.63, 3.8) is 0 Å². The lowest BCUT2D eigenvalue weighted by Crippen LogP contribution is -2.20. The lowest BCUT2D eigenvalue weighted by Gasteiger charge is -2.29. The van der Waals surface area contributed by atoms with Gasteiger partial charge in [0.2, 0.25) is 0 Å². The van der Waals surface area contributed by atoms with Crippen LogP contribution in [0.1, 0.15) is 33.1 Å². The van der Waals surface area contributed by atoms with E-state index in [4.69, 9.17) is 0 Å². The highest BCUT2D eigenvalue weighted by molar-refractivity contribution is 8.00. The van der Waals surface area contributed by atoms with Crippen LogP contribution in [0.4, 0.5) is 0 Å². The van der Waals surface area contributed by atoms with Gasteiger partial charge in [0.1, 0.15) is 0 Å². The maximum atomic E-state index is 2.34. The standard InChI is InChI=1S/C9H16S/c1-3-6-9(2)7-4-5-8-10-9/h3,6H,4-5,7-8H2,1-2H3. The first-order valence-electron chi connectivity index (χ1n) is 4.05. The quantitative estimate of drug-likeness (QED) is 0.525. The lowest BCUT2D eigenvalue weighted by atomic mass is 10.0. The van der Waals surface area contributed by atoms with Gasteiger partial charge in [0.25, 0.3) is 0 Å². The molecule has 1 heteroatoms. The van der Waals surface area contributed by atoms with Gasteiger partial charge >= 0.3 is 0 Å². The molecule has 0 radical (unpaired) electrons. The SMILES string of the molecule is CC=CC1(C)CCCCS1. The average Bonchev–Trinajstić information content (AvgIpc) is 1.89. The maximum Gasteiger partial charge on any atom is 0.0310 e. The third-order valence-corrected chi connectivity index (χ3v) is 3.51. The van der Waals surface area contributed by atoms with Crippen molar-refractivity contribution >= 4 is 11.8 Å². The van der Waals surface area contributed by atoms with Gasteiger partial charge in [-0.2, -0.15) is 11.8 Å². The van der Waals surface area contributed by atoms with Gasteiger partial charge in [0.05, 0.1) is 0 Å².